The highest BCUT2D eigenvalue weighted by molar-refractivity contribution is 7.99. The van der Waals surface area contributed by atoms with Crippen molar-refractivity contribution in [3.63, 3.8) is 0 Å². The lowest BCUT2D eigenvalue weighted by Gasteiger charge is -2.48. The van der Waals surface area contributed by atoms with Gasteiger partial charge in [0, 0.05) is 4.90 Å². The van der Waals surface area contributed by atoms with Crippen LogP contribution >= 0.6 is 11.8 Å². The summed E-state index contributed by atoms with van der Waals surface area (Å²) >= 11 is 1.17. The summed E-state index contributed by atoms with van der Waals surface area (Å²) in [5.74, 6) is -3.24. The van der Waals surface area contributed by atoms with Crippen molar-refractivity contribution >= 4 is 35.6 Å². The smallest absolute Gasteiger partial charge is 0.338 e. The Morgan fingerprint density at radius 1 is 0.541 bits per heavy atom. The van der Waals surface area contributed by atoms with E-state index in [1.807, 2.05) is 31.2 Å². The molecule has 2 N–H and O–H groups in total. The second kappa shape index (κ2) is 20.1. The molecular weight excluding hydrogens is 805 g/mol. The van der Waals surface area contributed by atoms with Crippen LogP contribution in [0.1, 0.15) is 53.9 Å². The molecule has 14 heteroatoms. The van der Waals surface area contributed by atoms with Crippen molar-refractivity contribution in [2.24, 2.45) is 0 Å². The van der Waals surface area contributed by atoms with Crippen molar-refractivity contribution in [2.75, 3.05) is 6.61 Å². The van der Waals surface area contributed by atoms with Crippen LogP contribution in [-0.2, 0) is 33.2 Å². The molecule has 7 rings (SSSR count). The molecule has 2 heterocycles. The normalized spacial score (nSPS) is 26.0. The Hall–Kier alpha value is -5.87. The maximum atomic E-state index is 13.9. The van der Waals surface area contributed by atoms with E-state index in [2.05, 4.69) is 0 Å². The highest BCUT2D eigenvalue weighted by Gasteiger charge is 2.56. The predicted octanol–water partition coefficient (Wildman–Crippen LogP) is 6.20. The van der Waals surface area contributed by atoms with Gasteiger partial charge in [-0.05, 0) is 74.5 Å². The molecule has 0 aliphatic carbocycles. The number of hydrogen-bond acceptors (Lipinski definition) is 14. The third kappa shape index (κ3) is 10.5. The van der Waals surface area contributed by atoms with Crippen molar-refractivity contribution in [3.05, 3.63) is 173 Å². The van der Waals surface area contributed by atoms with E-state index in [1.54, 1.807) is 104 Å². The molecule has 0 spiro atoms. The van der Waals surface area contributed by atoms with Gasteiger partial charge in [0.2, 0.25) is 0 Å². The van der Waals surface area contributed by atoms with Gasteiger partial charge in [-0.1, -0.05) is 102 Å². The first-order chi connectivity index (χ1) is 29.6. The molecule has 2 saturated heterocycles. The van der Waals surface area contributed by atoms with Crippen LogP contribution in [0.4, 0.5) is 0 Å². The Balaban J connectivity index is 1.29. The fourth-order valence-electron chi connectivity index (χ4n) is 6.89. The molecule has 0 saturated carbocycles. The van der Waals surface area contributed by atoms with Crippen molar-refractivity contribution in [3.8, 4) is 0 Å². The van der Waals surface area contributed by atoms with Gasteiger partial charge in [-0.25, -0.2) is 19.2 Å². The Morgan fingerprint density at radius 2 is 0.951 bits per heavy atom. The van der Waals surface area contributed by atoms with E-state index < -0.39 is 91.0 Å². The van der Waals surface area contributed by atoms with Gasteiger partial charge < -0.3 is 43.4 Å². The van der Waals surface area contributed by atoms with Gasteiger partial charge in [-0.2, -0.15) is 0 Å². The first-order valence-electron chi connectivity index (χ1n) is 19.6. The first kappa shape index (κ1) is 43.2. The zero-order valence-corrected chi connectivity index (χ0v) is 33.9. The number of benzene rings is 5. The van der Waals surface area contributed by atoms with E-state index in [0.717, 1.165) is 10.5 Å². The summed E-state index contributed by atoms with van der Waals surface area (Å²) in [4.78, 5) is 55.9. The van der Waals surface area contributed by atoms with Crippen molar-refractivity contribution in [2.45, 2.75) is 79.3 Å². The number of rotatable bonds is 13. The number of carbonyl (C=O) groups excluding carboxylic acids is 4. The van der Waals surface area contributed by atoms with Gasteiger partial charge >= 0.3 is 23.9 Å². The first-order valence-corrected chi connectivity index (χ1v) is 20.5. The zero-order chi connectivity index (χ0) is 42.9. The number of carbonyl (C=O) groups is 4. The van der Waals surface area contributed by atoms with Crippen LogP contribution in [0.3, 0.4) is 0 Å². The summed E-state index contributed by atoms with van der Waals surface area (Å²) in [6.45, 7) is 2.83. The second-order valence-corrected chi connectivity index (χ2v) is 15.6. The lowest BCUT2D eigenvalue weighted by Crippen LogP contribution is -2.65. The Morgan fingerprint density at radius 3 is 1.39 bits per heavy atom. The standard InChI is InChI=1S/C47H44O13S/c1-28-23-25-34(26-24-28)61-47-41(59-45(53)33-21-13-6-14-22-33)38(36(49)35(27-48)55-47)60-46-40(58-44(52)32-19-11-5-12-20-32)39(57-43(51)31-17-9-4-10-18-31)37(29(2)54-46)56-42(50)30-15-7-3-8-16-30/h3-26,29,35-41,46-49H,27H2,1-2H3/t29-,35+,36-,37-,38-,39+,40+,41+,46-,47-/m0/s1. The highest BCUT2D eigenvalue weighted by Crippen LogP contribution is 2.39. The fourth-order valence-corrected chi connectivity index (χ4v) is 8.00. The van der Waals surface area contributed by atoms with E-state index in [4.69, 9.17) is 33.2 Å². The minimum absolute atomic E-state index is 0.126. The Labute approximate surface area is 356 Å². The summed E-state index contributed by atoms with van der Waals surface area (Å²) in [5, 5.41) is 22.4. The Kier molecular flexibility index (Phi) is 14.3. The number of ether oxygens (including phenoxy) is 7. The number of thioether (sulfide) groups is 1. The van der Waals surface area contributed by atoms with Crippen LogP contribution in [-0.4, -0.2) is 101 Å². The van der Waals surface area contributed by atoms with Crippen LogP contribution in [0.25, 0.3) is 0 Å². The van der Waals surface area contributed by atoms with Crippen LogP contribution < -0.4 is 0 Å². The summed E-state index contributed by atoms with van der Waals surface area (Å²) in [6, 6.07) is 39.9. The van der Waals surface area contributed by atoms with Gasteiger partial charge in [0.05, 0.1) is 35.0 Å². The van der Waals surface area contributed by atoms with Crippen LogP contribution in [0.2, 0.25) is 0 Å². The number of aliphatic hydroxyl groups is 2. The SMILES string of the molecule is Cc1ccc(S[C@@H]2O[C@H](CO)[C@H](O)[C@H](O[C@@H]3O[C@@H](C)[C@H](OC(=O)c4ccccc4)[C@@H](OC(=O)c4ccccc4)[C@H]3OC(=O)c3ccccc3)[C@H]2OC(=O)c2ccccc2)cc1. The summed E-state index contributed by atoms with van der Waals surface area (Å²) in [5.41, 5.74) is 0.600. The molecule has 61 heavy (non-hydrogen) atoms. The highest BCUT2D eigenvalue weighted by atomic mass is 32.2. The zero-order valence-electron chi connectivity index (χ0n) is 33.1. The molecule has 2 aliphatic heterocycles. The van der Waals surface area contributed by atoms with Crippen molar-refractivity contribution < 1.29 is 62.5 Å². The van der Waals surface area contributed by atoms with E-state index >= 15 is 0 Å². The van der Waals surface area contributed by atoms with E-state index in [9.17, 15) is 29.4 Å². The predicted molar refractivity (Wildman–Crippen MR) is 221 cm³/mol. The topological polar surface area (TPSA) is 173 Å². The third-order valence-corrected chi connectivity index (χ3v) is 11.3. The minimum Gasteiger partial charge on any atom is -0.452 e. The molecule has 2 fully saturated rings. The van der Waals surface area contributed by atoms with Crippen molar-refractivity contribution in [1.82, 2.24) is 0 Å². The molecule has 0 unspecified atom stereocenters. The second-order valence-electron chi connectivity index (χ2n) is 14.4. The molecular formula is C47H44O13S. The van der Waals surface area contributed by atoms with Crippen LogP contribution in [0.5, 0.6) is 0 Å². The molecule has 5 aromatic carbocycles. The third-order valence-electron chi connectivity index (χ3n) is 10.1. The quantitative estimate of drug-likeness (QED) is 0.101. The summed E-state index contributed by atoms with van der Waals surface area (Å²) in [6.07, 6.45) is -13.2. The fraction of sp³-hybridized carbons (Fsp3) is 0.277. The minimum atomic E-state index is -1.68. The molecule has 0 radical (unpaired) electrons. The molecule has 13 nitrogen and oxygen atoms in total. The lowest BCUT2D eigenvalue weighted by atomic mass is 9.96. The number of aryl methyl sites for hydroxylation is 1. The van der Waals surface area contributed by atoms with Gasteiger partial charge in [-0.3, -0.25) is 0 Å². The largest absolute Gasteiger partial charge is 0.452 e. The molecule has 2 aliphatic rings. The van der Waals surface area contributed by atoms with Gasteiger partial charge in [0.15, 0.2) is 30.7 Å². The van der Waals surface area contributed by atoms with E-state index in [1.165, 1.54) is 36.0 Å². The maximum absolute atomic E-state index is 13.9. The molecule has 0 aromatic heterocycles. The van der Waals surface area contributed by atoms with Gasteiger partial charge in [-0.15, -0.1) is 0 Å². The number of esters is 4. The van der Waals surface area contributed by atoms with Crippen LogP contribution in [0.15, 0.2) is 150 Å². The number of aliphatic hydroxyl groups excluding tert-OH is 2. The molecule has 0 amide bonds. The van der Waals surface area contributed by atoms with E-state index in [0.29, 0.717) is 0 Å². The summed E-state index contributed by atoms with van der Waals surface area (Å²) < 4.78 is 43.6. The van der Waals surface area contributed by atoms with E-state index in [-0.39, 0.29) is 22.3 Å². The monoisotopic (exact) mass is 848 g/mol. The van der Waals surface area contributed by atoms with Gasteiger partial charge in [0.1, 0.15) is 23.7 Å². The molecule has 10 atom stereocenters. The Bertz CT molecular complexity index is 2230. The maximum Gasteiger partial charge on any atom is 0.338 e. The number of hydrogen-bond donors (Lipinski definition) is 2. The van der Waals surface area contributed by atoms with Crippen LogP contribution in [0, 0.1) is 6.92 Å². The average Bonchev–Trinajstić information content (AvgIpc) is 3.29. The van der Waals surface area contributed by atoms with Gasteiger partial charge in [0.25, 0.3) is 0 Å². The molecule has 5 aromatic rings. The summed E-state index contributed by atoms with van der Waals surface area (Å²) in [7, 11) is 0. The van der Waals surface area contributed by atoms with Crippen molar-refractivity contribution in [1.29, 1.82) is 0 Å². The molecule has 0 bridgehead atoms. The lowest BCUT2D eigenvalue weighted by molar-refractivity contribution is -0.330. The molecule has 316 valence electrons. The average molecular weight is 849 g/mol.